The Labute approximate surface area is 226 Å². The number of para-hydroxylation sites is 1. The number of thioether (sulfide) groups is 1. The van der Waals surface area contributed by atoms with Gasteiger partial charge in [0, 0.05) is 35.0 Å². The molecule has 0 saturated carbocycles. The Balaban J connectivity index is 0.000000287. The van der Waals surface area contributed by atoms with Gasteiger partial charge in [-0.2, -0.15) is 8.42 Å². The molecule has 4 N–H and O–H groups in total. The van der Waals surface area contributed by atoms with Crippen molar-refractivity contribution < 1.29 is 22.5 Å². The lowest BCUT2D eigenvalue weighted by Gasteiger charge is -2.23. The molecule has 3 aromatic carbocycles. The van der Waals surface area contributed by atoms with E-state index in [2.05, 4.69) is 4.99 Å². The van der Waals surface area contributed by atoms with Crippen LogP contribution in [-0.4, -0.2) is 43.9 Å². The van der Waals surface area contributed by atoms with E-state index in [0.717, 1.165) is 27.1 Å². The van der Waals surface area contributed by atoms with Crippen LogP contribution in [0.3, 0.4) is 0 Å². The lowest BCUT2D eigenvalue weighted by molar-refractivity contribution is 0.318. The summed E-state index contributed by atoms with van der Waals surface area (Å²) in [5.41, 5.74) is 8.73. The van der Waals surface area contributed by atoms with Gasteiger partial charge in [-0.05, 0) is 56.5 Å². The standard InChI is InChI=1S/C17H16ClN3OS.C7H8O3S.C2H6O/c1-20-17(19)21(13-10-12(18)7-8-15(13)23-2)16-9-11-5-3-4-6-14(11)22-16;1-6-2-4-7(5-3-6)11(8,9)10;1-2-3/h3-10H,1-2H3,(H2,19,20);2-5H,1H3,(H,8,9,10);3H,2H2,1H3. The van der Waals surface area contributed by atoms with Crippen LogP contribution in [0.4, 0.5) is 11.6 Å². The van der Waals surface area contributed by atoms with Crippen molar-refractivity contribution in [3.63, 3.8) is 0 Å². The highest BCUT2D eigenvalue weighted by molar-refractivity contribution is 7.98. The van der Waals surface area contributed by atoms with E-state index in [4.69, 9.17) is 31.4 Å². The summed E-state index contributed by atoms with van der Waals surface area (Å²) in [6.07, 6.45) is 2.00. The largest absolute Gasteiger partial charge is 0.440 e. The van der Waals surface area contributed by atoms with E-state index in [-0.39, 0.29) is 11.5 Å². The van der Waals surface area contributed by atoms with E-state index in [1.807, 2.05) is 61.7 Å². The van der Waals surface area contributed by atoms with Gasteiger partial charge in [-0.3, -0.25) is 9.55 Å². The van der Waals surface area contributed by atoms with Gasteiger partial charge in [-0.15, -0.1) is 11.8 Å². The smallest absolute Gasteiger partial charge is 0.294 e. The minimum absolute atomic E-state index is 0.0666. The molecule has 0 fully saturated rings. The Morgan fingerprint density at radius 2 is 1.73 bits per heavy atom. The van der Waals surface area contributed by atoms with Crippen LogP contribution in [0.2, 0.25) is 5.02 Å². The molecule has 1 aromatic heterocycles. The maximum absolute atomic E-state index is 10.5. The number of halogens is 1. The number of anilines is 2. The highest BCUT2D eigenvalue weighted by Crippen LogP contribution is 2.37. The fourth-order valence-electron chi connectivity index (χ4n) is 3.08. The summed E-state index contributed by atoms with van der Waals surface area (Å²) in [6.45, 7) is 3.77. The third-order valence-electron chi connectivity index (χ3n) is 4.79. The third-order valence-corrected chi connectivity index (χ3v) is 6.68. The topological polar surface area (TPSA) is 129 Å². The first kappa shape index (κ1) is 30.2. The fraction of sp³-hybridized carbons (Fsp3) is 0.192. The third kappa shape index (κ3) is 8.51. The zero-order valence-corrected chi connectivity index (χ0v) is 23.3. The number of aryl methyl sites for hydroxylation is 1. The average molecular weight is 564 g/mol. The molecule has 4 rings (SSSR count). The molecule has 11 heteroatoms. The average Bonchev–Trinajstić information content (AvgIpc) is 3.28. The van der Waals surface area contributed by atoms with Crippen molar-refractivity contribution in [3.8, 4) is 0 Å². The van der Waals surface area contributed by atoms with Gasteiger partial charge in [0.05, 0.1) is 10.6 Å². The lowest BCUT2D eigenvalue weighted by Crippen LogP contribution is -2.33. The molecule has 1 heterocycles. The van der Waals surface area contributed by atoms with Gasteiger partial charge in [0.1, 0.15) is 5.58 Å². The van der Waals surface area contributed by atoms with Gasteiger partial charge < -0.3 is 15.3 Å². The van der Waals surface area contributed by atoms with Crippen molar-refractivity contribution in [1.82, 2.24) is 0 Å². The summed E-state index contributed by atoms with van der Waals surface area (Å²) in [6, 6.07) is 21.4. The Kier molecular flexibility index (Phi) is 11.5. The molecular weight excluding hydrogens is 534 g/mol. The van der Waals surface area contributed by atoms with Crippen LogP contribution in [0.25, 0.3) is 11.0 Å². The highest BCUT2D eigenvalue weighted by Gasteiger charge is 2.21. The Morgan fingerprint density at radius 3 is 2.27 bits per heavy atom. The number of furan rings is 1. The van der Waals surface area contributed by atoms with Crippen molar-refractivity contribution in [1.29, 1.82) is 0 Å². The first-order valence-corrected chi connectivity index (χ1v) is 14.1. The zero-order valence-electron chi connectivity index (χ0n) is 20.9. The summed E-state index contributed by atoms with van der Waals surface area (Å²) in [4.78, 5) is 6.86. The summed E-state index contributed by atoms with van der Waals surface area (Å²) in [7, 11) is -2.37. The molecule has 0 aliphatic rings. The monoisotopic (exact) mass is 563 g/mol. The number of nitrogens with two attached hydrogens (primary N) is 1. The molecule has 4 aromatic rings. The number of aliphatic imine (C=N–C) groups is 1. The fourth-order valence-corrected chi connectivity index (χ4v) is 4.29. The number of aliphatic hydroxyl groups excluding tert-OH is 1. The van der Waals surface area contributed by atoms with Crippen molar-refractivity contribution >= 4 is 62.0 Å². The van der Waals surface area contributed by atoms with Crippen LogP contribution in [0.15, 0.2) is 92.0 Å². The maximum atomic E-state index is 10.5. The van der Waals surface area contributed by atoms with Gasteiger partial charge in [0.2, 0.25) is 11.8 Å². The lowest BCUT2D eigenvalue weighted by atomic mass is 10.2. The first-order valence-electron chi connectivity index (χ1n) is 11.0. The van der Waals surface area contributed by atoms with E-state index in [1.54, 1.807) is 42.8 Å². The normalized spacial score (nSPS) is 11.3. The van der Waals surface area contributed by atoms with Crippen LogP contribution in [0, 0.1) is 6.92 Å². The van der Waals surface area contributed by atoms with Crippen LogP contribution in [0.1, 0.15) is 12.5 Å². The van der Waals surface area contributed by atoms with Crippen LogP contribution in [0.5, 0.6) is 0 Å². The van der Waals surface area contributed by atoms with Crippen LogP contribution < -0.4 is 10.6 Å². The Morgan fingerprint density at radius 1 is 1.11 bits per heavy atom. The Hall–Kier alpha value is -3.02. The first-order chi connectivity index (χ1) is 17.5. The van der Waals surface area contributed by atoms with Gasteiger partial charge in [0.15, 0.2) is 0 Å². The van der Waals surface area contributed by atoms with Crippen LogP contribution in [-0.2, 0) is 10.1 Å². The molecule has 0 radical (unpaired) electrons. The SMILES string of the molecule is CCO.CN=C(N)N(c1cc2ccccc2o1)c1cc(Cl)ccc1SC.Cc1ccc(S(=O)(=O)O)cc1. The second-order valence-corrected chi connectivity index (χ2v) is 10.2. The van der Waals surface area contributed by atoms with Crippen LogP contribution >= 0.6 is 23.4 Å². The van der Waals surface area contributed by atoms with Gasteiger partial charge in [-0.1, -0.05) is 47.5 Å². The summed E-state index contributed by atoms with van der Waals surface area (Å²) < 4.78 is 35.5. The predicted octanol–water partition coefficient (Wildman–Crippen LogP) is 6.13. The van der Waals surface area contributed by atoms with E-state index in [9.17, 15) is 8.42 Å². The molecule has 0 bridgehead atoms. The number of hydrogen-bond acceptors (Lipinski definition) is 6. The number of guanidine groups is 1. The predicted molar refractivity (Wildman–Crippen MR) is 153 cm³/mol. The molecule has 8 nitrogen and oxygen atoms in total. The van der Waals surface area contributed by atoms with Gasteiger partial charge >= 0.3 is 0 Å². The molecule has 0 aliphatic carbocycles. The Bertz CT molecular complexity index is 1410. The number of benzene rings is 3. The van der Waals surface area contributed by atoms with Crippen molar-refractivity contribution in [2.75, 3.05) is 24.8 Å². The second kappa shape index (κ2) is 14.1. The summed E-state index contributed by atoms with van der Waals surface area (Å²) in [5.74, 6) is 0.938. The molecule has 0 saturated heterocycles. The summed E-state index contributed by atoms with van der Waals surface area (Å²) >= 11 is 7.79. The molecule has 37 heavy (non-hydrogen) atoms. The number of fused-ring (bicyclic) bond motifs is 1. The van der Waals surface area contributed by atoms with Crippen molar-refractivity contribution in [2.24, 2.45) is 10.7 Å². The van der Waals surface area contributed by atoms with Gasteiger partial charge in [-0.25, -0.2) is 4.90 Å². The number of aliphatic hydroxyl groups is 1. The van der Waals surface area contributed by atoms with Gasteiger partial charge in [0.25, 0.3) is 10.1 Å². The molecule has 0 spiro atoms. The molecule has 0 amide bonds. The number of rotatable bonds is 4. The van der Waals surface area contributed by atoms with Crippen molar-refractivity contribution in [3.05, 3.63) is 83.4 Å². The molecular formula is C26H30ClN3O5S2. The number of nitrogens with zero attached hydrogens (tertiary/aromatic N) is 2. The van der Waals surface area contributed by atoms with E-state index < -0.39 is 10.1 Å². The van der Waals surface area contributed by atoms with E-state index in [1.165, 1.54) is 12.1 Å². The minimum Gasteiger partial charge on any atom is -0.440 e. The number of hydrogen-bond donors (Lipinski definition) is 3. The molecule has 0 aliphatic heterocycles. The molecule has 198 valence electrons. The minimum atomic E-state index is -4.02. The highest BCUT2D eigenvalue weighted by atomic mass is 35.5. The second-order valence-electron chi connectivity index (χ2n) is 7.46. The van der Waals surface area contributed by atoms with Crippen molar-refractivity contribution in [2.45, 2.75) is 23.6 Å². The molecule has 0 unspecified atom stereocenters. The quantitative estimate of drug-likeness (QED) is 0.117. The zero-order chi connectivity index (χ0) is 27.6. The maximum Gasteiger partial charge on any atom is 0.294 e. The van der Waals surface area contributed by atoms with E-state index in [0.29, 0.717) is 16.9 Å². The summed E-state index contributed by atoms with van der Waals surface area (Å²) in [5, 5.41) is 9.20. The van der Waals surface area contributed by atoms with E-state index >= 15 is 0 Å². The molecule has 0 atom stereocenters.